The molecule has 2 rings (SSSR count). The molecule has 5 heteroatoms. The van der Waals surface area contributed by atoms with E-state index >= 15 is 0 Å². The third-order valence-electron chi connectivity index (χ3n) is 6.52. The van der Waals surface area contributed by atoms with E-state index in [-0.39, 0.29) is 12.0 Å². The van der Waals surface area contributed by atoms with Crippen LogP contribution in [0.2, 0.25) is 0 Å². The van der Waals surface area contributed by atoms with Crippen LogP contribution in [0.1, 0.15) is 111 Å². The van der Waals surface area contributed by atoms with Gasteiger partial charge in [0.1, 0.15) is 5.69 Å². The first kappa shape index (κ1) is 28.8. The first-order valence-corrected chi connectivity index (χ1v) is 13.9. The number of carbonyl (C=O) groups is 1. The van der Waals surface area contributed by atoms with Crippen LogP contribution in [0.4, 0.5) is 0 Å². The van der Waals surface area contributed by atoms with E-state index in [1.165, 1.54) is 57.8 Å². The van der Waals surface area contributed by atoms with Gasteiger partial charge in [-0.15, -0.1) is 0 Å². The first-order valence-electron chi connectivity index (χ1n) is 13.9. The Morgan fingerprint density at radius 2 is 1.57 bits per heavy atom. The van der Waals surface area contributed by atoms with E-state index in [2.05, 4.69) is 30.7 Å². The molecule has 0 N–H and O–H groups in total. The molecule has 1 unspecified atom stereocenters. The molecule has 0 bridgehead atoms. The van der Waals surface area contributed by atoms with Crippen LogP contribution in [0.25, 0.3) is 11.3 Å². The van der Waals surface area contributed by atoms with Crippen molar-refractivity contribution in [3.63, 3.8) is 0 Å². The number of hydrogen-bond donors (Lipinski definition) is 0. The lowest BCUT2D eigenvalue weighted by Gasteiger charge is -2.12. The minimum Gasteiger partial charge on any atom is -0.490 e. The van der Waals surface area contributed by atoms with Gasteiger partial charge in [0.15, 0.2) is 5.75 Å². The van der Waals surface area contributed by atoms with Crippen LogP contribution in [0.15, 0.2) is 36.5 Å². The molecule has 2 aromatic rings. The third-order valence-corrected chi connectivity index (χ3v) is 6.52. The summed E-state index contributed by atoms with van der Waals surface area (Å²) < 4.78 is 11.5. The second kappa shape index (κ2) is 17.9. The molecule has 1 heterocycles. The van der Waals surface area contributed by atoms with Crippen LogP contribution in [0, 0.1) is 5.92 Å². The molecule has 0 fully saturated rings. The Bertz CT molecular complexity index is 826. The fourth-order valence-electron chi connectivity index (χ4n) is 4.03. The Morgan fingerprint density at radius 3 is 2.26 bits per heavy atom. The van der Waals surface area contributed by atoms with Crippen molar-refractivity contribution in [3.05, 3.63) is 36.5 Å². The average molecular weight is 483 g/mol. The summed E-state index contributed by atoms with van der Waals surface area (Å²) in [7, 11) is 0. The Kier molecular flexibility index (Phi) is 14.8. The standard InChI is InChI=1S/C30H46N2O3/c1-4-6-7-8-9-10-11-12-18-23-34-27-24-31-30(32-29(27)26-20-14-13-15-21-26)35-28(33)22-17-16-19-25(3)5-2/h13-15,20-21,24-25H,4-12,16-19,22-23H2,1-3H3. The third kappa shape index (κ3) is 12.2. The summed E-state index contributed by atoms with van der Waals surface area (Å²) in [6.45, 7) is 7.33. The molecule has 35 heavy (non-hydrogen) atoms. The van der Waals surface area contributed by atoms with Crippen LogP contribution in [0.5, 0.6) is 11.8 Å². The van der Waals surface area contributed by atoms with Crippen LogP contribution in [-0.4, -0.2) is 22.5 Å². The van der Waals surface area contributed by atoms with Crippen molar-refractivity contribution < 1.29 is 14.3 Å². The SMILES string of the molecule is CCCCCCCCCCCOc1cnc(OC(=O)CCCCC(C)CC)nc1-c1ccccc1. The summed E-state index contributed by atoms with van der Waals surface area (Å²) in [5.74, 6) is 1.05. The molecule has 0 radical (unpaired) electrons. The zero-order valence-corrected chi connectivity index (χ0v) is 22.3. The van der Waals surface area contributed by atoms with Gasteiger partial charge >= 0.3 is 12.0 Å². The minimum absolute atomic E-state index is 0.0891. The lowest BCUT2D eigenvalue weighted by Crippen LogP contribution is -2.11. The Labute approximate surface area is 213 Å². The van der Waals surface area contributed by atoms with Gasteiger partial charge in [-0.25, -0.2) is 0 Å². The van der Waals surface area contributed by atoms with Gasteiger partial charge in [-0.3, -0.25) is 4.79 Å². The number of esters is 1. The maximum absolute atomic E-state index is 12.3. The maximum atomic E-state index is 12.3. The van der Waals surface area contributed by atoms with Crippen LogP contribution in [0.3, 0.4) is 0 Å². The second-order valence-corrected chi connectivity index (χ2v) is 9.64. The normalized spacial score (nSPS) is 11.9. The van der Waals surface area contributed by atoms with E-state index in [0.717, 1.165) is 31.2 Å². The van der Waals surface area contributed by atoms with Crippen molar-refractivity contribution in [1.82, 2.24) is 9.97 Å². The van der Waals surface area contributed by atoms with Crippen LogP contribution < -0.4 is 9.47 Å². The van der Waals surface area contributed by atoms with Gasteiger partial charge in [0, 0.05) is 12.0 Å². The van der Waals surface area contributed by atoms with Gasteiger partial charge in [-0.05, 0) is 18.8 Å². The number of benzene rings is 1. The molecule has 0 spiro atoms. The Morgan fingerprint density at radius 1 is 0.886 bits per heavy atom. The highest BCUT2D eigenvalue weighted by Gasteiger charge is 2.14. The van der Waals surface area contributed by atoms with Crippen molar-refractivity contribution in [2.75, 3.05) is 6.61 Å². The number of carbonyl (C=O) groups excluding carboxylic acids is 1. The fraction of sp³-hybridized carbons (Fsp3) is 0.633. The summed E-state index contributed by atoms with van der Waals surface area (Å²) in [4.78, 5) is 21.1. The zero-order chi connectivity index (χ0) is 25.1. The zero-order valence-electron chi connectivity index (χ0n) is 22.3. The largest absolute Gasteiger partial charge is 0.490 e. The fourth-order valence-corrected chi connectivity index (χ4v) is 4.03. The van der Waals surface area contributed by atoms with Crippen molar-refractivity contribution in [2.45, 2.75) is 111 Å². The highest BCUT2D eigenvalue weighted by atomic mass is 16.5. The maximum Gasteiger partial charge on any atom is 0.325 e. The molecule has 0 aliphatic heterocycles. The van der Waals surface area contributed by atoms with Gasteiger partial charge in [0.2, 0.25) is 0 Å². The quantitative estimate of drug-likeness (QED) is 0.148. The highest BCUT2D eigenvalue weighted by molar-refractivity contribution is 5.72. The van der Waals surface area contributed by atoms with Crippen molar-refractivity contribution in [3.8, 4) is 23.0 Å². The summed E-state index contributed by atoms with van der Waals surface area (Å²) in [6.07, 6.45) is 17.7. The van der Waals surface area contributed by atoms with Crippen LogP contribution >= 0.6 is 0 Å². The lowest BCUT2D eigenvalue weighted by atomic mass is 10.0. The molecular weight excluding hydrogens is 436 g/mol. The molecule has 194 valence electrons. The van der Waals surface area contributed by atoms with Gasteiger partial charge < -0.3 is 9.47 Å². The molecule has 1 atom stereocenters. The predicted molar refractivity (Wildman–Crippen MR) is 144 cm³/mol. The first-order chi connectivity index (χ1) is 17.1. The highest BCUT2D eigenvalue weighted by Crippen LogP contribution is 2.29. The van der Waals surface area contributed by atoms with E-state index in [9.17, 15) is 4.79 Å². The average Bonchev–Trinajstić information content (AvgIpc) is 2.88. The van der Waals surface area contributed by atoms with Gasteiger partial charge in [-0.1, -0.05) is 122 Å². The molecule has 1 aromatic heterocycles. The second-order valence-electron chi connectivity index (χ2n) is 9.64. The van der Waals surface area contributed by atoms with E-state index in [1.54, 1.807) is 6.20 Å². The number of ether oxygens (including phenoxy) is 2. The predicted octanol–water partition coefficient (Wildman–Crippen LogP) is 8.57. The Hall–Kier alpha value is -2.43. The topological polar surface area (TPSA) is 61.3 Å². The van der Waals surface area contributed by atoms with E-state index in [1.807, 2.05) is 30.3 Å². The molecule has 1 aromatic carbocycles. The molecule has 0 aliphatic carbocycles. The van der Waals surface area contributed by atoms with Crippen LogP contribution in [-0.2, 0) is 4.79 Å². The van der Waals surface area contributed by atoms with Crippen molar-refractivity contribution >= 4 is 5.97 Å². The number of rotatable bonds is 19. The van der Waals surface area contributed by atoms with Gasteiger partial charge in [0.05, 0.1) is 12.8 Å². The number of aromatic nitrogens is 2. The minimum atomic E-state index is -0.281. The monoisotopic (exact) mass is 482 g/mol. The summed E-state index contributed by atoms with van der Waals surface area (Å²) in [6, 6.07) is 9.94. The summed E-state index contributed by atoms with van der Waals surface area (Å²) in [5, 5.41) is 0. The van der Waals surface area contributed by atoms with Gasteiger partial charge in [0.25, 0.3) is 0 Å². The van der Waals surface area contributed by atoms with Gasteiger partial charge in [-0.2, -0.15) is 9.97 Å². The molecule has 0 amide bonds. The van der Waals surface area contributed by atoms with E-state index < -0.39 is 0 Å². The Balaban J connectivity index is 1.83. The number of nitrogens with zero attached hydrogens (tertiary/aromatic N) is 2. The number of unbranched alkanes of at least 4 members (excludes halogenated alkanes) is 9. The van der Waals surface area contributed by atoms with Crippen molar-refractivity contribution in [2.24, 2.45) is 5.92 Å². The molecule has 0 saturated heterocycles. The smallest absolute Gasteiger partial charge is 0.325 e. The molecular formula is C30H46N2O3. The molecule has 5 nitrogen and oxygen atoms in total. The van der Waals surface area contributed by atoms with E-state index in [0.29, 0.717) is 30.4 Å². The number of hydrogen-bond acceptors (Lipinski definition) is 5. The molecule has 0 aliphatic rings. The lowest BCUT2D eigenvalue weighted by molar-refractivity contribution is -0.135. The van der Waals surface area contributed by atoms with E-state index in [4.69, 9.17) is 9.47 Å². The van der Waals surface area contributed by atoms with Crippen molar-refractivity contribution in [1.29, 1.82) is 0 Å². The summed E-state index contributed by atoms with van der Waals surface area (Å²) in [5.41, 5.74) is 1.58. The summed E-state index contributed by atoms with van der Waals surface area (Å²) >= 11 is 0. The molecule has 0 saturated carbocycles.